The third-order valence-electron chi connectivity index (χ3n) is 6.00. The molecule has 0 saturated carbocycles. The summed E-state index contributed by atoms with van der Waals surface area (Å²) >= 11 is 1.08. The Morgan fingerprint density at radius 1 is 0.974 bits per heavy atom. The van der Waals surface area contributed by atoms with Crippen LogP contribution in [0.2, 0.25) is 0 Å². The number of nitrogens with zero attached hydrogens (tertiary/aromatic N) is 5. The molecule has 10 heteroatoms. The summed E-state index contributed by atoms with van der Waals surface area (Å²) in [5.41, 5.74) is 2.26. The number of aryl methyl sites for hydroxylation is 1. The summed E-state index contributed by atoms with van der Waals surface area (Å²) in [4.78, 5) is 25.5. The van der Waals surface area contributed by atoms with E-state index in [1.165, 1.54) is 6.07 Å². The molecule has 0 saturated heterocycles. The fraction of sp³-hybridized carbons (Fsp3) is 0.138. The SMILES string of the molecule is N#CCCn1cc(C(=O)COC(=O)CSc2nnc(-c3ccccc3F)n2-c2ccccc2)c2ccccc21. The van der Waals surface area contributed by atoms with Crippen LogP contribution in [0.5, 0.6) is 0 Å². The zero-order valence-electron chi connectivity index (χ0n) is 20.7. The normalized spacial score (nSPS) is 10.9. The fourth-order valence-corrected chi connectivity index (χ4v) is 4.95. The predicted molar refractivity (Wildman–Crippen MR) is 145 cm³/mol. The van der Waals surface area contributed by atoms with E-state index in [4.69, 9.17) is 10.00 Å². The van der Waals surface area contributed by atoms with Crippen LogP contribution in [0.25, 0.3) is 28.0 Å². The highest BCUT2D eigenvalue weighted by atomic mass is 32.2. The van der Waals surface area contributed by atoms with Crippen molar-refractivity contribution in [2.45, 2.75) is 18.1 Å². The first-order valence-electron chi connectivity index (χ1n) is 12.1. The van der Waals surface area contributed by atoms with Gasteiger partial charge < -0.3 is 9.30 Å². The van der Waals surface area contributed by atoms with Crippen LogP contribution in [0.15, 0.2) is 90.2 Å². The lowest BCUT2D eigenvalue weighted by Crippen LogP contribution is -2.15. The molecular weight excluding hydrogens is 517 g/mol. The predicted octanol–water partition coefficient (Wildman–Crippen LogP) is 5.46. The number of hydrogen-bond acceptors (Lipinski definition) is 7. The number of ketones is 1. The minimum absolute atomic E-state index is 0.126. The Balaban J connectivity index is 1.29. The quantitative estimate of drug-likeness (QED) is 0.132. The van der Waals surface area contributed by atoms with Crippen LogP contribution in [0.3, 0.4) is 0 Å². The number of halogens is 1. The molecular formula is C29H22FN5O3S. The van der Waals surface area contributed by atoms with Crippen LogP contribution in [0.4, 0.5) is 4.39 Å². The summed E-state index contributed by atoms with van der Waals surface area (Å²) in [6, 6.07) is 25.0. The number of para-hydroxylation sites is 2. The van der Waals surface area contributed by atoms with Crippen LogP contribution in [-0.2, 0) is 16.1 Å². The van der Waals surface area contributed by atoms with E-state index in [2.05, 4.69) is 16.3 Å². The first-order valence-corrected chi connectivity index (χ1v) is 13.1. The summed E-state index contributed by atoms with van der Waals surface area (Å²) < 4.78 is 23.4. The van der Waals surface area contributed by atoms with Gasteiger partial charge in [-0.05, 0) is 30.3 Å². The number of aromatic nitrogens is 4. The number of thioether (sulfide) groups is 1. The number of hydrogen-bond donors (Lipinski definition) is 0. The fourth-order valence-electron chi connectivity index (χ4n) is 4.20. The highest BCUT2D eigenvalue weighted by Gasteiger charge is 2.21. The number of esters is 1. The van der Waals surface area contributed by atoms with E-state index < -0.39 is 18.4 Å². The van der Waals surface area contributed by atoms with Crippen molar-refractivity contribution < 1.29 is 18.7 Å². The molecule has 0 spiro atoms. The summed E-state index contributed by atoms with van der Waals surface area (Å²) in [7, 11) is 0. The molecule has 0 unspecified atom stereocenters. The lowest BCUT2D eigenvalue weighted by atomic mass is 10.1. The van der Waals surface area contributed by atoms with Gasteiger partial charge in [0.25, 0.3) is 0 Å². The van der Waals surface area contributed by atoms with Crippen molar-refractivity contribution in [1.29, 1.82) is 5.26 Å². The van der Waals surface area contributed by atoms with E-state index in [-0.39, 0.29) is 17.1 Å². The summed E-state index contributed by atoms with van der Waals surface area (Å²) in [6.07, 6.45) is 2.00. The number of rotatable bonds is 10. The molecule has 5 rings (SSSR count). The van der Waals surface area contributed by atoms with Crippen molar-refractivity contribution >= 4 is 34.4 Å². The van der Waals surface area contributed by atoms with Gasteiger partial charge in [-0.25, -0.2) is 4.39 Å². The van der Waals surface area contributed by atoms with Crippen LogP contribution >= 0.6 is 11.8 Å². The molecule has 0 fully saturated rings. The van der Waals surface area contributed by atoms with E-state index in [0.717, 1.165) is 22.7 Å². The molecule has 39 heavy (non-hydrogen) atoms. The second kappa shape index (κ2) is 11.8. The average molecular weight is 540 g/mol. The topological polar surface area (TPSA) is 103 Å². The van der Waals surface area contributed by atoms with Crippen molar-refractivity contribution in [2.24, 2.45) is 0 Å². The number of benzene rings is 3. The zero-order valence-corrected chi connectivity index (χ0v) is 21.5. The lowest BCUT2D eigenvalue weighted by Gasteiger charge is -2.10. The molecule has 0 atom stereocenters. The summed E-state index contributed by atoms with van der Waals surface area (Å²) in [6.45, 7) is 0.0369. The third kappa shape index (κ3) is 5.58. The molecule has 0 N–H and O–H groups in total. The van der Waals surface area contributed by atoms with Gasteiger partial charge in [-0.15, -0.1) is 10.2 Å². The molecule has 0 bridgehead atoms. The number of fused-ring (bicyclic) bond motifs is 1. The highest BCUT2D eigenvalue weighted by molar-refractivity contribution is 7.99. The number of nitriles is 1. The van der Waals surface area contributed by atoms with E-state index in [9.17, 15) is 14.0 Å². The Labute approximate surface area is 227 Å². The molecule has 0 radical (unpaired) electrons. The van der Waals surface area contributed by atoms with Crippen LogP contribution in [-0.4, -0.2) is 43.4 Å². The average Bonchev–Trinajstić information content (AvgIpc) is 3.56. The largest absolute Gasteiger partial charge is 0.457 e. The van der Waals surface area contributed by atoms with Gasteiger partial charge in [0.2, 0.25) is 5.78 Å². The van der Waals surface area contributed by atoms with E-state index >= 15 is 0 Å². The molecule has 2 heterocycles. The van der Waals surface area contributed by atoms with Crippen LogP contribution in [0.1, 0.15) is 16.8 Å². The van der Waals surface area contributed by atoms with E-state index in [1.807, 2.05) is 59.2 Å². The first-order chi connectivity index (χ1) is 19.1. The molecule has 0 amide bonds. The maximum Gasteiger partial charge on any atom is 0.316 e. The van der Waals surface area contributed by atoms with Crippen molar-refractivity contribution in [1.82, 2.24) is 19.3 Å². The van der Waals surface area contributed by atoms with Crippen molar-refractivity contribution in [2.75, 3.05) is 12.4 Å². The van der Waals surface area contributed by atoms with Gasteiger partial charge in [0.05, 0.1) is 23.8 Å². The summed E-state index contributed by atoms with van der Waals surface area (Å²) in [5.74, 6) is -1.20. The second-order valence-electron chi connectivity index (χ2n) is 8.49. The monoisotopic (exact) mass is 539 g/mol. The lowest BCUT2D eigenvalue weighted by molar-refractivity contribution is -0.139. The molecule has 194 valence electrons. The molecule has 8 nitrogen and oxygen atoms in total. The third-order valence-corrected chi connectivity index (χ3v) is 6.90. The van der Waals surface area contributed by atoms with Crippen molar-refractivity contribution in [3.63, 3.8) is 0 Å². The molecule has 3 aromatic carbocycles. The Morgan fingerprint density at radius 3 is 2.51 bits per heavy atom. The van der Waals surface area contributed by atoms with Crippen molar-refractivity contribution in [3.05, 3.63) is 96.4 Å². The maximum atomic E-state index is 14.6. The Bertz CT molecular complexity index is 1690. The van der Waals surface area contributed by atoms with Gasteiger partial charge in [-0.3, -0.25) is 14.2 Å². The smallest absolute Gasteiger partial charge is 0.316 e. The van der Waals surface area contributed by atoms with Gasteiger partial charge in [-0.2, -0.15) is 5.26 Å². The maximum absolute atomic E-state index is 14.6. The van der Waals surface area contributed by atoms with Crippen molar-refractivity contribution in [3.8, 4) is 23.1 Å². The number of carbonyl (C=O) groups excluding carboxylic acids is 2. The van der Waals surface area contributed by atoms with E-state index in [1.54, 1.807) is 29.0 Å². The Morgan fingerprint density at radius 2 is 1.72 bits per heavy atom. The number of ether oxygens (including phenoxy) is 1. The van der Waals surface area contributed by atoms with E-state index in [0.29, 0.717) is 35.2 Å². The minimum atomic E-state index is -0.600. The Kier molecular flexibility index (Phi) is 7.80. The van der Waals surface area contributed by atoms with Crippen LogP contribution < -0.4 is 0 Å². The zero-order chi connectivity index (χ0) is 27.2. The number of Topliss-reactive ketones (excluding diaryl/α,β-unsaturated/α-hetero) is 1. The number of carbonyl (C=O) groups is 2. The van der Waals surface area contributed by atoms with Crippen LogP contribution in [0, 0.1) is 17.1 Å². The highest BCUT2D eigenvalue weighted by Crippen LogP contribution is 2.29. The van der Waals surface area contributed by atoms with Gasteiger partial charge in [0, 0.05) is 34.9 Å². The second-order valence-corrected chi connectivity index (χ2v) is 9.43. The first kappa shape index (κ1) is 25.9. The molecule has 0 aliphatic carbocycles. The minimum Gasteiger partial charge on any atom is -0.457 e. The molecule has 5 aromatic rings. The van der Waals surface area contributed by atoms with Gasteiger partial charge >= 0.3 is 5.97 Å². The Hall–Kier alpha value is -4.75. The van der Waals surface area contributed by atoms with Gasteiger partial charge in [0.1, 0.15) is 5.82 Å². The molecule has 0 aliphatic heterocycles. The summed E-state index contributed by atoms with van der Waals surface area (Å²) in [5, 5.41) is 18.4. The van der Waals surface area contributed by atoms with Gasteiger partial charge in [0.15, 0.2) is 17.6 Å². The van der Waals surface area contributed by atoms with Gasteiger partial charge in [-0.1, -0.05) is 60.3 Å². The molecule has 2 aromatic heterocycles. The molecule has 0 aliphatic rings. The standard InChI is InChI=1S/C29H22FN5O3S/c30-24-13-6-4-12-22(24)28-32-33-29(35(28)20-9-2-1-3-10-20)39-19-27(37)38-18-26(36)23-17-34(16-8-15-31)25-14-7-5-11-21(23)25/h1-7,9-14,17H,8,16,18-19H2.